The summed E-state index contributed by atoms with van der Waals surface area (Å²) in [5.41, 5.74) is 0.146. The molecule has 1 saturated heterocycles. The van der Waals surface area contributed by atoms with Crippen LogP contribution in [0, 0.1) is 10.1 Å². The zero-order valence-electron chi connectivity index (χ0n) is 11.4. The molecule has 108 valence electrons. The number of hydrogen-bond donors (Lipinski definition) is 1. The number of carboxylic acid groups (broad SMARTS) is 1. The Morgan fingerprint density at radius 3 is 2.85 bits per heavy atom. The molecule has 1 atom stereocenters. The van der Waals surface area contributed by atoms with Crippen molar-refractivity contribution in [3.8, 4) is 0 Å². The molecule has 1 aliphatic rings. The molecule has 1 aromatic carbocycles. The number of carbonyl (C=O) groups is 1. The lowest BCUT2D eigenvalue weighted by Gasteiger charge is -2.37. The van der Waals surface area contributed by atoms with Crippen molar-refractivity contribution in [2.75, 3.05) is 11.4 Å². The first-order valence-electron chi connectivity index (χ1n) is 6.83. The van der Waals surface area contributed by atoms with E-state index in [4.69, 9.17) is 5.11 Å². The summed E-state index contributed by atoms with van der Waals surface area (Å²) in [6, 6.07) is 4.76. The van der Waals surface area contributed by atoms with Gasteiger partial charge < -0.3 is 10.0 Å². The van der Waals surface area contributed by atoms with Gasteiger partial charge in [-0.25, -0.2) is 4.79 Å². The van der Waals surface area contributed by atoms with Crippen molar-refractivity contribution in [3.63, 3.8) is 0 Å². The highest BCUT2D eigenvalue weighted by atomic mass is 16.6. The van der Waals surface area contributed by atoms with Crippen LogP contribution in [0.4, 0.5) is 11.4 Å². The fourth-order valence-corrected chi connectivity index (χ4v) is 2.80. The van der Waals surface area contributed by atoms with Crippen molar-refractivity contribution in [2.45, 2.75) is 38.6 Å². The molecule has 0 radical (unpaired) electrons. The van der Waals surface area contributed by atoms with Crippen molar-refractivity contribution in [3.05, 3.63) is 33.9 Å². The van der Waals surface area contributed by atoms with Crippen LogP contribution in [0.5, 0.6) is 0 Å². The van der Waals surface area contributed by atoms with Gasteiger partial charge in [-0.05, 0) is 37.8 Å². The topological polar surface area (TPSA) is 83.7 Å². The highest BCUT2D eigenvalue weighted by molar-refractivity contribution is 5.93. The van der Waals surface area contributed by atoms with Crippen LogP contribution in [0.3, 0.4) is 0 Å². The first-order valence-corrected chi connectivity index (χ1v) is 6.83. The summed E-state index contributed by atoms with van der Waals surface area (Å²) in [5, 5.41) is 20.0. The van der Waals surface area contributed by atoms with E-state index in [1.807, 2.05) is 0 Å². The molecule has 1 unspecified atom stereocenters. The molecule has 1 heterocycles. The van der Waals surface area contributed by atoms with Crippen molar-refractivity contribution >= 4 is 17.3 Å². The van der Waals surface area contributed by atoms with Gasteiger partial charge in [-0.2, -0.15) is 0 Å². The highest BCUT2D eigenvalue weighted by Gasteiger charge is 2.25. The molecule has 1 aromatic rings. The molecule has 0 bridgehead atoms. The van der Waals surface area contributed by atoms with E-state index >= 15 is 0 Å². The molecule has 20 heavy (non-hydrogen) atoms. The number of nitro groups is 1. The van der Waals surface area contributed by atoms with Crippen LogP contribution in [-0.4, -0.2) is 28.6 Å². The Labute approximate surface area is 117 Å². The first-order chi connectivity index (χ1) is 9.54. The Morgan fingerprint density at radius 2 is 2.25 bits per heavy atom. The van der Waals surface area contributed by atoms with Crippen LogP contribution in [0.25, 0.3) is 0 Å². The largest absolute Gasteiger partial charge is 0.477 e. The molecule has 0 amide bonds. The van der Waals surface area contributed by atoms with E-state index in [1.165, 1.54) is 18.6 Å². The Bertz CT molecular complexity index is 530. The molecular formula is C14H18N2O4. The predicted octanol–water partition coefficient (Wildman–Crippen LogP) is 3.06. The number of carboxylic acids is 1. The summed E-state index contributed by atoms with van der Waals surface area (Å²) in [7, 11) is 0. The van der Waals surface area contributed by atoms with E-state index in [0.29, 0.717) is 6.04 Å². The normalized spacial score (nSPS) is 18.9. The van der Waals surface area contributed by atoms with E-state index in [2.05, 4.69) is 11.8 Å². The van der Waals surface area contributed by atoms with Crippen molar-refractivity contribution in [1.29, 1.82) is 0 Å². The number of benzene rings is 1. The molecule has 1 N–H and O–H groups in total. The van der Waals surface area contributed by atoms with Gasteiger partial charge in [-0.15, -0.1) is 0 Å². The molecule has 1 aliphatic heterocycles. The zero-order valence-corrected chi connectivity index (χ0v) is 11.4. The van der Waals surface area contributed by atoms with E-state index in [0.717, 1.165) is 31.5 Å². The third-order valence-corrected chi connectivity index (χ3v) is 3.84. The zero-order chi connectivity index (χ0) is 14.7. The van der Waals surface area contributed by atoms with Gasteiger partial charge in [0.25, 0.3) is 5.69 Å². The minimum absolute atomic E-state index is 0.260. The molecule has 1 fully saturated rings. The molecule has 0 aromatic heterocycles. The summed E-state index contributed by atoms with van der Waals surface area (Å²) in [4.78, 5) is 23.6. The smallest absolute Gasteiger partial charge is 0.342 e. The number of hydrogen-bond acceptors (Lipinski definition) is 4. The van der Waals surface area contributed by atoms with Crippen LogP contribution in [-0.2, 0) is 0 Å². The molecule has 6 nitrogen and oxygen atoms in total. The summed E-state index contributed by atoms with van der Waals surface area (Å²) < 4.78 is 0. The maximum Gasteiger partial charge on any atom is 0.342 e. The van der Waals surface area contributed by atoms with Crippen LogP contribution in [0.15, 0.2) is 18.2 Å². The average molecular weight is 278 g/mol. The van der Waals surface area contributed by atoms with E-state index < -0.39 is 10.9 Å². The monoisotopic (exact) mass is 278 g/mol. The number of nitro benzene ring substituents is 1. The summed E-state index contributed by atoms with van der Waals surface area (Å²) in [5.74, 6) is -1.27. The standard InChI is InChI=1S/C14H18N2O4/c1-2-10-5-3-4-8-15(10)11-6-7-12(14(17)18)13(9-11)16(19)20/h6-7,9-10H,2-5,8H2,1H3,(H,17,18). The fraction of sp³-hybridized carbons (Fsp3) is 0.500. The lowest BCUT2D eigenvalue weighted by molar-refractivity contribution is -0.385. The maximum absolute atomic E-state index is 11.0. The minimum Gasteiger partial charge on any atom is -0.477 e. The maximum atomic E-state index is 11.0. The number of aromatic carboxylic acids is 1. The highest BCUT2D eigenvalue weighted by Crippen LogP contribution is 2.31. The predicted molar refractivity (Wildman–Crippen MR) is 75.3 cm³/mol. The third-order valence-electron chi connectivity index (χ3n) is 3.84. The summed E-state index contributed by atoms with van der Waals surface area (Å²) >= 11 is 0. The number of nitrogens with zero attached hydrogens (tertiary/aromatic N) is 2. The van der Waals surface area contributed by atoms with Crippen LogP contribution in [0.1, 0.15) is 43.0 Å². The Hall–Kier alpha value is -2.11. The molecule has 0 spiro atoms. The number of rotatable bonds is 4. The summed E-state index contributed by atoms with van der Waals surface area (Å²) in [6.45, 7) is 2.96. The molecular weight excluding hydrogens is 260 g/mol. The lowest BCUT2D eigenvalue weighted by atomic mass is 9.98. The Kier molecular flexibility index (Phi) is 4.22. The van der Waals surface area contributed by atoms with Gasteiger partial charge >= 0.3 is 5.97 Å². The fourth-order valence-electron chi connectivity index (χ4n) is 2.80. The van der Waals surface area contributed by atoms with E-state index in [9.17, 15) is 14.9 Å². The molecule has 0 saturated carbocycles. The van der Waals surface area contributed by atoms with Crippen molar-refractivity contribution in [2.24, 2.45) is 0 Å². The third kappa shape index (κ3) is 2.74. The second-order valence-electron chi connectivity index (χ2n) is 5.01. The first kappa shape index (κ1) is 14.3. The van der Waals surface area contributed by atoms with Gasteiger partial charge in [0.15, 0.2) is 0 Å². The quantitative estimate of drug-likeness (QED) is 0.676. The van der Waals surface area contributed by atoms with E-state index in [1.54, 1.807) is 6.07 Å². The summed E-state index contributed by atoms with van der Waals surface area (Å²) in [6.07, 6.45) is 4.29. The second kappa shape index (κ2) is 5.90. The van der Waals surface area contributed by atoms with Gasteiger partial charge in [-0.1, -0.05) is 6.92 Å². The van der Waals surface area contributed by atoms with E-state index in [-0.39, 0.29) is 11.3 Å². The van der Waals surface area contributed by atoms with Crippen LogP contribution in [0.2, 0.25) is 0 Å². The van der Waals surface area contributed by atoms with Crippen molar-refractivity contribution < 1.29 is 14.8 Å². The average Bonchev–Trinajstić information content (AvgIpc) is 2.46. The number of piperidine rings is 1. The second-order valence-corrected chi connectivity index (χ2v) is 5.01. The van der Waals surface area contributed by atoms with Gasteiger partial charge in [0.05, 0.1) is 4.92 Å². The molecule has 0 aliphatic carbocycles. The Balaban J connectivity index is 2.39. The molecule has 6 heteroatoms. The minimum atomic E-state index is -1.27. The van der Waals surface area contributed by atoms with Gasteiger partial charge in [0, 0.05) is 24.3 Å². The van der Waals surface area contributed by atoms with Gasteiger partial charge in [0.2, 0.25) is 0 Å². The van der Waals surface area contributed by atoms with Crippen LogP contribution >= 0.6 is 0 Å². The molecule has 2 rings (SSSR count). The van der Waals surface area contributed by atoms with Gasteiger partial charge in [0.1, 0.15) is 5.56 Å². The van der Waals surface area contributed by atoms with Crippen LogP contribution < -0.4 is 4.90 Å². The lowest BCUT2D eigenvalue weighted by Crippen LogP contribution is -2.39. The SMILES string of the molecule is CCC1CCCCN1c1ccc(C(=O)O)c([N+](=O)[O-])c1. The Morgan fingerprint density at radius 1 is 1.50 bits per heavy atom. The van der Waals surface area contributed by atoms with Crippen molar-refractivity contribution in [1.82, 2.24) is 0 Å². The van der Waals surface area contributed by atoms with Gasteiger partial charge in [-0.3, -0.25) is 10.1 Å². The number of anilines is 1.